The number of carbonyl (C=O) groups excluding carboxylic acids is 1. The van der Waals surface area contributed by atoms with Crippen LogP contribution in [0.4, 0.5) is 5.69 Å². The predicted molar refractivity (Wildman–Crippen MR) is 111 cm³/mol. The zero-order valence-electron chi connectivity index (χ0n) is 14.8. The molecule has 6 nitrogen and oxygen atoms in total. The molecule has 0 fully saturated rings. The molecule has 144 valence electrons. The van der Waals surface area contributed by atoms with Crippen molar-refractivity contribution in [2.24, 2.45) is 0 Å². The van der Waals surface area contributed by atoms with Crippen LogP contribution in [0.1, 0.15) is 16.1 Å². The lowest BCUT2D eigenvalue weighted by Gasteiger charge is -2.09. The third-order valence-electron chi connectivity index (χ3n) is 3.99. The normalized spacial score (nSPS) is 11.0. The summed E-state index contributed by atoms with van der Waals surface area (Å²) in [6.07, 6.45) is 3.11. The average molecular weight is 426 g/mol. The van der Waals surface area contributed by atoms with Crippen LogP contribution in [-0.4, -0.2) is 21.6 Å². The van der Waals surface area contributed by atoms with Crippen LogP contribution in [0.25, 0.3) is 11.8 Å². The number of nitrogens with one attached hydrogen (secondary N) is 1. The summed E-state index contributed by atoms with van der Waals surface area (Å²) in [6.45, 7) is 0. The van der Waals surface area contributed by atoms with Gasteiger partial charge in [-0.25, -0.2) is 4.79 Å². The third-order valence-corrected chi connectivity index (χ3v) is 4.54. The smallest absolute Gasteiger partial charge is 0.335 e. The number of anilines is 1. The van der Waals surface area contributed by atoms with E-state index in [9.17, 15) is 20.0 Å². The lowest BCUT2D eigenvalue weighted by atomic mass is 10.2. The fourth-order valence-electron chi connectivity index (χ4n) is 2.61. The first kappa shape index (κ1) is 20.2. The van der Waals surface area contributed by atoms with Crippen molar-refractivity contribution in [1.82, 2.24) is 4.57 Å². The Hall–Kier alpha value is -3.53. The van der Waals surface area contributed by atoms with E-state index in [0.717, 1.165) is 0 Å². The highest BCUT2D eigenvalue weighted by Gasteiger charge is 2.13. The maximum Gasteiger partial charge on any atom is 0.335 e. The number of nitriles is 1. The molecule has 2 aromatic carbocycles. The molecule has 3 aromatic rings. The van der Waals surface area contributed by atoms with E-state index in [1.165, 1.54) is 30.3 Å². The molecule has 2 N–H and O–H groups in total. The van der Waals surface area contributed by atoms with Crippen LogP contribution in [0.3, 0.4) is 0 Å². The number of carboxylic acids is 1. The first-order valence-electron chi connectivity index (χ1n) is 8.28. The zero-order valence-corrected chi connectivity index (χ0v) is 16.3. The first-order chi connectivity index (χ1) is 13.9. The molecule has 0 aliphatic carbocycles. The summed E-state index contributed by atoms with van der Waals surface area (Å²) in [5.41, 5.74) is 1.42. The van der Waals surface area contributed by atoms with Crippen LogP contribution in [0, 0.1) is 11.3 Å². The van der Waals surface area contributed by atoms with Gasteiger partial charge in [-0.1, -0.05) is 29.3 Å². The van der Waals surface area contributed by atoms with Gasteiger partial charge in [0.25, 0.3) is 5.91 Å². The molecule has 0 bridgehead atoms. The molecule has 8 heteroatoms. The Morgan fingerprint density at radius 2 is 1.90 bits per heavy atom. The molecule has 1 aromatic heterocycles. The van der Waals surface area contributed by atoms with Gasteiger partial charge < -0.3 is 15.0 Å². The number of hydrogen-bond donors (Lipinski definition) is 2. The summed E-state index contributed by atoms with van der Waals surface area (Å²) >= 11 is 11.9. The van der Waals surface area contributed by atoms with E-state index < -0.39 is 11.9 Å². The van der Waals surface area contributed by atoms with Gasteiger partial charge in [-0.3, -0.25) is 4.79 Å². The Balaban J connectivity index is 1.92. The molecular weight excluding hydrogens is 413 g/mol. The van der Waals surface area contributed by atoms with E-state index in [1.54, 1.807) is 41.1 Å². The number of aromatic nitrogens is 1. The minimum absolute atomic E-state index is 0.127. The third kappa shape index (κ3) is 4.66. The van der Waals surface area contributed by atoms with Crippen LogP contribution >= 0.6 is 23.2 Å². The van der Waals surface area contributed by atoms with Crippen molar-refractivity contribution >= 4 is 46.8 Å². The lowest BCUT2D eigenvalue weighted by Crippen LogP contribution is -2.14. The monoisotopic (exact) mass is 425 g/mol. The molecule has 1 amide bonds. The Kier molecular flexibility index (Phi) is 6.03. The van der Waals surface area contributed by atoms with Gasteiger partial charge in [-0.15, -0.1) is 0 Å². The fraction of sp³-hybridized carbons (Fsp3) is 0. The molecule has 0 aliphatic rings. The summed E-state index contributed by atoms with van der Waals surface area (Å²) in [7, 11) is 0. The van der Waals surface area contributed by atoms with Gasteiger partial charge in [0.15, 0.2) is 0 Å². The number of amides is 1. The number of rotatable bonds is 5. The molecule has 0 atom stereocenters. The van der Waals surface area contributed by atoms with Gasteiger partial charge in [-0.05, 0) is 54.6 Å². The molecule has 29 heavy (non-hydrogen) atoms. The van der Waals surface area contributed by atoms with E-state index in [1.807, 2.05) is 6.07 Å². The number of halogens is 2. The first-order valence-corrected chi connectivity index (χ1v) is 9.04. The Morgan fingerprint density at radius 1 is 1.10 bits per heavy atom. The molecule has 0 saturated heterocycles. The van der Waals surface area contributed by atoms with Crippen molar-refractivity contribution in [2.75, 3.05) is 5.32 Å². The van der Waals surface area contributed by atoms with E-state index in [-0.39, 0.29) is 16.2 Å². The summed E-state index contributed by atoms with van der Waals surface area (Å²) in [5.74, 6) is -1.68. The van der Waals surface area contributed by atoms with Crippen LogP contribution in [0.15, 0.2) is 66.4 Å². The number of carbonyl (C=O) groups is 2. The Bertz CT molecular complexity index is 1180. The minimum Gasteiger partial charge on any atom is -0.478 e. The zero-order chi connectivity index (χ0) is 21.0. The molecule has 0 saturated carbocycles. The van der Waals surface area contributed by atoms with Crippen LogP contribution in [0.5, 0.6) is 0 Å². The van der Waals surface area contributed by atoms with Crippen LogP contribution < -0.4 is 5.32 Å². The molecule has 1 heterocycles. The van der Waals surface area contributed by atoms with Gasteiger partial charge in [0.2, 0.25) is 0 Å². The SMILES string of the molecule is N#C/C(=C/c1cccn1-c1cccc(C(=O)O)c1)C(=O)Nc1ccc(Cl)cc1Cl. The number of benzene rings is 2. The fourth-order valence-corrected chi connectivity index (χ4v) is 3.07. The summed E-state index contributed by atoms with van der Waals surface area (Å²) < 4.78 is 1.67. The topological polar surface area (TPSA) is 95.1 Å². The number of aromatic carboxylic acids is 1. The van der Waals surface area contributed by atoms with Gasteiger partial charge >= 0.3 is 5.97 Å². The quantitative estimate of drug-likeness (QED) is 0.442. The van der Waals surface area contributed by atoms with Crippen molar-refractivity contribution in [3.63, 3.8) is 0 Å². The summed E-state index contributed by atoms with van der Waals surface area (Å²) in [5, 5.41) is 21.9. The second-order valence-corrected chi connectivity index (χ2v) is 6.75. The minimum atomic E-state index is -1.05. The van der Waals surface area contributed by atoms with Gasteiger partial charge in [-0.2, -0.15) is 5.26 Å². The largest absolute Gasteiger partial charge is 0.478 e. The molecular formula is C21H13Cl2N3O3. The number of hydrogen-bond acceptors (Lipinski definition) is 3. The van der Waals surface area contributed by atoms with Crippen molar-refractivity contribution in [3.05, 3.63) is 87.7 Å². The number of nitrogens with zero attached hydrogens (tertiary/aromatic N) is 2. The maximum atomic E-state index is 12.5. The average Bonchev–Trinajstić information content (AvgIpc) is 3.16. The van der Waals surface area contributed by atoms with E-state index in [4.69, 9.17) is 23.2 Å². The Labute approximate surface area is 176 Å². The van der Waals surface area contributed by atoms with E-state index in [0.29, 0.717) is 22.1 Å². The molecule has 0 radical (unpaired) electrons. The van der Waals surface area contributed by atoms with Crippen molar-refractivity contribution in [3.8, 4) is 11.8 Å². The maximum absolute atomic E-state index is 12.5. The lowest BCUT2D eigenvalue weighted by molar-refractivity contribution is -0.112. The number of carboxylic acid groups (broad SMARTS) is 1. The predicted octanol–water partition coefficient (Wildman–Crippen LogP) is 5.03. The highest BCUT2D eigenvalue weighted by molar-refractivity contribution is 6.36. The van der Waals surface area contributed by atoms with Crippen molar-refractivity contribution in [1.29, 1.82) is 5.26 Å². The molecule has 0 spiro atoms. The van der Waals surface area contributed by atoms with Gasteiger partial charge in [0.05, 0.1) is 16.3 Å². The summed E-state index contributed by atoms with van der Waals surface area (Å²) in [6, 6.07) is 16.2. The van der Waals surface area contributed by atoms with E-state index in [2.05, 4.69) is 5.32 Å². The highest BCUT2D eigenvalue weighted by atomic mass is 35.5. The van der Waals surface area contributed by atoms with Crippen molar-refractivity contribution in [2.45, 2.75) is 0 Å². The van der Waals surface area contributed by atoms with Gasteiger partial charge in [0, 0.05) is 22.6 Å². The van der Waals surface area contributed by atoms with Crippen molar-refractivity contribution < 1.29 is 14.7 Å². The highest BCUT2D eigenvalue weighted by Crippen LogP contribution is 2.26. The van der Waals surface area contributed by atoms with E-state index >= 15 is 0 Å². The second-order valence-electron chi connectivity index (χ2n) is 5.91. The molecule has 0 unspecified atom stereocenters. The van der Waals surface area contributed by atoms with Crippen LogP contribution in [0.2, 0.25) is 10.0 Å². The second kappa shape index (κ2) is 8.65. The Morgan fingerprint density at radius 3 is 2.59 bits per heavy atom. The van der Waals surface area contributed by atoms with Crippen LogP contribution in [-0.2, 0) is 4.79 Å². The molecule has 0 aliphatic heterocycles. The molecule has 3 rings (SSSR count). The van der Waals surface area contributed by atoms with Gasteiger partial charge in [0.1, 0.15) is 11.6 Å². The summed E-state index contributed by atoms with van der Waals surface area (Å²) in [4.78, 5) is 23.7. The standard InChI is InChI=1S/C21H13Cl2N3O3/c22-15-6-7-19(18(23)11-15)25-20(27)14(12-24)10-17-5-2-8-26(17)16-4-1-3-13(9-16)21(28)29/h1-11H,(H,25,27)(H,28,29)/b14-10-.